The number of urea groups is 1. The van der Waals surface area contributed by atoms with Gasteiger partial charge >= 0.3 is 6.03 Å². The van der Waals surface area contributed by atoms with Gasteiger partial charge in [0.05, 0.1) is 0 Å². The molecule has 0 radical (unpaired) electrons. The van der Waals surface area contributed by atoms with Gasteiger partial charge in [0, 0.05) is 18.1 Å². The number of hydrogen-bond acceptors (Lipinski definition) is 1. The summed E-state index contributed by atoms with van der Waals surface area (Å²) in [5, 5.41) is 5.58. The predicted octanol–water partition coefficient (Wildman–Crippen LogP) is 3.28. The number of nitrogens with one attached hydrogen (secondary N) is 2. The highest BCUT2D eigenvalue weighted by Crippen LogP contribution is 2.26. The summed E-state index contributed by atoms with van der Waals surface area (Å²) in [7, 11) is 0. The van der Waals surface area contributed by atoms with Crippen LogP contribution in [0, 0.1) is 27.7 Å². The van der Waals surface area contributed by atoms with Crippen molar-refractivity contribution in [1.82, 2.24) is 5.32 Å². The van der Waals surface area contributed by atoms with E-state index >= 15 is 0 Å². The largest absolute Gasteiger partial charge is 0.337 e. The van der Waals surface area contributed by atoms with Gasteiger partial charge in [0.1, 0.15) is 0 Å². The fourth-order valence-corrected chi connectivity index (χ4v) is 1.82. The molecule has 0 unspecified atom stereocenters. The van der Waals surface area contributed by atoms with Gasteiger partial charge in [-0.3, -0.25) is 0 Å². The number of alkyl halides is 1. The Morgan fingerprint density at radius 1 is 1.18 bits per heavy atom. The fraction of sp³-hybridized carbons (Fsp3) is 0.462. The van der Waals surface area contributed by atoms with E-state index in [-0.39, 0.29) is 6.03 Å². The third-order valence-corrected chi connectivity index (χ3v) is 3.17. The minimum atomic E-state index is -0.207. The normalized spacial score (nSPS) is 10.2. The summed E-state index contributed by atoms with van der Waals surface area (Å²) in [6.45, 7) is 8.58. The molecule has 0 saturated carbocycles. The van der Waals surface area contributed by atoms with Gasteiger partial charge in [-0.25, -0.2) is 4.79 Å². The first-order valence-electron chi connectivity index (χ1n) is 5.65. The zero-order valence-electron chi connectivity index (χ0n) is 10.8. The molecule has 4 heteroatoms. The zero-order valence-corrected chi connectivity index (χ0v) is 11.5. The van der Waals surface area contributed by atoms with Gasteiger partial charge in [0.25, 0.3) is 0 Å². The Labute approximate surface area is 108 Å². The Morgan fingerprint density at radius 3 is 2.18 bits per heavy atom. The average molecular weight is 255 g/mol. The molecule has 0 atom stereocenters. The minimum Gasteiger partial charge on any atom is -0.337 e. The van der Waals surface area contributed by atoms with Crippen LogP contribution in [-0.4, -0.2) is 18.5 Å². The number of carbonyl (C=O) groups is 1. The molecule has 0 aliphatic rings. The number of anilines is 1. The van der Waals surface area contributed by atoms with Crippen LogP contribution in [0.4, 0.5) is 10.5 Å². The van der Waals surface area contributed by atoms with Gasteiger partial charge in [0.15, 0.2) is 0 Å². The van der Waals surface area contributed by atoms with Crippen molar-refractivity contribution in [2.75, 3.05) is 17.7 Å². The summed E-state index contributed by atoms with van der Waals surface area (Å²) < 4.78 is 0. The molecule has 17 heavy (non-hydrogen) atoms. The zero-order chi connectivity index (χ0) is 13.0. The van der Waals surface area contributed by atoms with E-state index in [0.29, 0.717) is 12.4 Å². The summed E-state index contributed by atoms with van der Waals surface area (Å²) in [5.74, 6) is 0.415. The first-order chi connectivity index (χ1) is 7.97. The van der Waals surface area contributed by atoms with Gasteiger partial charge in [-0.05, 0) is 49.9 Å². The van der Waals surface area contributed by atoms with E-state index < -0.39 is 0 Å². The molecule has 0 aliphatic carbocycles. The van der Waals surface area contributed by atoms with E-state index in [1.807, 2.05) is 27.7 Å². The number of benzene rings is 1. The van der Waals surface area contributed by atoms with Crippen molar-refractivity contribution < 1.29 is 4.79 Å². The number of carbonyl (C=O) groups excluding carboxylic acids is 1. The molecule has 1 rings (SSSR count). The van der Waals surface area contributed by atoms with E-state index in [2.05, 4.69) is 16.7 Å². The van der Waals surface area contributed by atoms with Crippen LogP contribution in [0.2, 0.25) is 0 Å². The van der Waals surface area contributed by atoms with Crippen molar-refractivity contribution in [2.45, 2.75) is 27.7 Å². The van der Waals surface area contributed by atoms with Crippen LogP contribution in [0.5, 0.6) is 0 Å². The molecule has 1 aromatic rings. The van der Waals surface area contributed by atoms with Crippen LogP contribution >= 0.6 is 11.6 Å². The number of halogens is 1. The van der Waals surface area contributed by atoms with Gasteiger partial charge in [0.2, 0.25) is 0 Å². The van der Waals surface area contributed by atoms with Gasteiger partial charge in [-0.1, -0.05) is 6.07 Å². The summed E-state index contributed by atoms with van der Waals surface area (Å²) in [6.07, 6.45) is 0. The van der Waals surface area contributed by atoms with Crippen LogP contribution in [-0.2, 0) is 0 Å². The van der Waals surface area contributed by atoms with E-state index in [0.717, 1.165) is 16.8 Å². The van der Waals surface area contributed by atoms with Crippen molar-refractivity contribution in [3.8, 4) is 0 Å². The maximum absolute atomic E-state index is 11.6. The number of hydrogen-bond donors (Lipinski definition) is 2. The maximum atomic E-state index is 11.6. The molecule has 0 fully saturated rings. The standard InChI is InChI=1S/C13H19ClN2O/c1-8-7-9(2)11(4)12(10(8)3)16-13(17)15-6-5-14/h7H,5-6H2,1-4H3,(H2,15,16,17). The third-order valence-electron chi connectivity index (χ3n) is 2.98. The second-order valence-electron chi connectivity index (χ2n) is 4.21. The molecule has 0 aliphatic heterocycles. The minimum absolute atomic E-state index is 0.207. The first-order valence-corrected chi connectivity index (χ1v) is 6.19. The number of aryl methyl sites for hydroxylation is 2. The fourth-order valence-electron chi connectivity index (χ4n) is 1.72. The van der Waals surface area contributed by atoms with E-state index in [1.54, 1.807) is 0 Å². The van der Waals surface area contributed by atoms with E-state index in [4.69, 9.17) is 11.6 Å². The van der Waals surface area contributed by atoms with E-state index in [9.17, 15) is 4.79 Å². The topological polar surface area (TPSA) is 41.1 Å². The van der Waals surface area contributed by atoms with Gasteiger partial charge < -0.3 is 10.6 Å². The van der Waals surface area contributed by atoms with Crippen molar-refractivity contribution in [2.24, 2.45) is 0 Å². The average Bonchev–Trinajstić information content (AvgIpc) is 2.29. The number of amides is 2. The molecular formula is C13H19ClN2O. The monoisotopic (exact) mass is 254 g/mol. The van der Waals surface area contributed by atoms with Crippen LogP contribution < -0.4 is 10.6 Å². The highest BCUT2D eigenvalue weighted by atomic mass is 35.5. The predicted molar refractivity (Wildman–Crippen MR) is 73.1 cm³/mol. The lowest BCUT2D eigenvalue weighted by Gasteiger charge is -2.16. The molecular weight excluding hydrogens is 236 g/mol. The molecule has 2 amide bonds. The molecule has 2 N–H and O–H groups in total. The molecule has 94 valence electrons. The second-order valence-corrected chi connectivity index (χ2v) is 4.58. The molecule has 0 saturated heterocycles. The van der Waals surface area contributed by atoms with Crippen LogP contribution in [0.1, 0.15) is 22.3 Å². The lowest BCUT2D eigenvalue weighted by Crippen LogP contribution is -2.30. The summed E-state index contributed by atoms with van der Waals surface area (Å²) >= 11 is 5.52. The van der Waals surface area contributed by atoms with Gasteiger partial charge in [-0.2, -0.15) is 0 Å². The molecule has 1 aromatic carbocycles. The van der Waals surface area contributed by atoms with Crippen LogP contribution in [0.15, 0.2) is 6.07 Å². The Bertz CT molecular complexity index is 404. The van der Waals surface area contributed by atoms with Gasteiger partial charge in [-0.15, -0.1) is 11.6 Å². The van der Waals surface area contributed by atoms with E-state index in [1.165, 1.54) is 11.1 Å². The lowest BCUT2D eigenvalue weighted by molar-refractivity contribution is 0.252. The Hall–Kier alpha value is -1.22. The lowest BCUT2D eigenvalue weighted by atomic mass is 9.99. The van der Waals surface area contributed by atoms with Crippen molar-refractivity contribution in [3.63, 3.8) is 0 Å². The Kier molecular flexibility index (Phi) is 4.82. The maximum Gasteiger partial charge on any atom is 0.319 e. The SMILES string of the molecule is Cc1cc(C)c(C)c(NC(=O)NCCCl)c1C. The molecule has 0 spiro atoms. The van der Waals surface area contributed by atoms with Crippen molar-refractivity contribution >= 4 is 23.3 Å². The van der Waals surface area contributed by atoms with Crippen LogP contribution in [0.25, 0.3) is 0 Å². The summed E-state index contributed by atoms with van der Waals surface area (Å²) in [5.41, 5.74) is 5.47. The quantitative estimate of drug-likeness (QED) is 0.799. The first kappa shape index (κ1) is 13.8. The summed E-state index contributed by atoms with van der Waals surface area (Å²) in [4.78, 5) is 11.6. The Balaban J connectivity index is 2.94. The highest BCUT2D eigenvalue weighted by molar-refractivity contribution is 6.18. The van der Waals surface area contributed by atoms with Crippen molar-refractivity contribution in [3.05, 3.63) is 28.3 Å². The third kappa shape index (κ3) is 3.37. The molecule has 0 bridgehead atoms. The summed E-state index contributed by atoms with van der Waals surface area (Å²) in [6, 6.07) is 1.92. The number of rotatable bonds is 3. The molecule has 0 aromatic heterocycles. The second kappa shape index (κ2) is 5.92. The molecule has 3 nitrogen and oxygen atoms in total. The van der Waals surface area contributed by atoms with Crippen LogP contribution in [0.3, 0.4) is 0 Å². The smallest absolute Gasteiger partial charge is 0.319 e. The molecule has 0 heterocycles. The van der Waals surface area contributed by atoms with Crippen molar-refractivity contribution in [1.29, 1.82) is 0 Å². The highest BCUT2D eigenvalue weighted by Gasteiger charge is 2.10. The Morgan fingerprint density at radius 2 is 1.71 bits per heavy atom.